The van der Waals surface area contributed by atoms with Crippen molar-refractivity contribution in [2.75, 3.05) is 5.32 Å². The number of hydrogen-bond acceptors (Lipinski definition) is 3. The Morgan fingerprint density at radius 1 is 1.18 bits per heavy atom. The molecule has 0 aliphatic heterocycles. The molecule has 1 N–H and O–H groups in total. The molecule has 1 aromatic heterocycles. The Balaban J connectivity index is 1.78. The molecular weight excluding hydrogens is 319 g/mol. The van der Waals surface area contributed by atoms with Crippen molar-refractivity contribution in [3.63, 3.8) is 0 Å². The predicted octanol–water partition coefficient (Wildman–Crippen LogP) is 5.52. The largest absolute Gasteiger partial charge is 0.380 e. The zero-order valence-corrected chi connectivity index (χ0v) is 13.5. The van der Waals surface area contributed by atoms with E-state index < -0.39 is 0 Å². The van der Waals surface area contributed by atoms with Crippen molar-refractivity contribution in [1.29, 1.82) is 0 Å². The molecule has 112 valence electrons. The van der Waals surface area contributed by atoms with Crippen LogP contribution in [0.15, 0.2) is 48.7 Å². The molecule has 3 aromatic rings. The number of nitrogens with zero attached hydrogens (tertiary/aromatic N) is 1. The maximum Gasteiger partial charge on any atom is 0.183 e. The Bertz CT molecular complexity index is 801. The maximum atomic E-state index is 13.7. The highest BCUT2D eigenvalue weighted by Crippen LogP contribution is 2.25. The van der Waals surface area contributed by atoms with Crippen molar-refractivity contribution in [1.82, 2.24) is 4.98 Å². The lowest BCUT2D eigenvalue weighted by Gasteiger charge is -2.08. The first-order valence-electron chi connectivity index (χ1n) is 6.82. The van der Waals surface area contributed by atoms with Gasteiger partial charge in [0.05, 0.1) is 6.54 Å². The summed E-state index contributed by atoms with van der Waals surface area (Å²) in [4.78, 5) is 5.08. The normalized spacial score (nSPS) is 10.7. The average Bonchev–Trinajstić information content (AvgIpc) is 2.94. The van der Waals surface area contributed by atoms with E-state index in [0.717, 1.165) is 21.7 Å². The van der Waals surface area contributed by atoms with E-state index in [1.54, 1.807) is 25.3 Å². The first kappa shape index (κ1) is 15.0. The first-order chi connectivity index (χ1) is 10.6. The molecule has 0 fully saturated rings. The van der Waals surface area contributed by atoms with Crippen LogP contribution < -0.4 is 5.32 Å². The Morgan fingerprint density at radius 3 is 2.73 bits per heavy atom. The van der Waals surface area contributed by atoms with E-state index in [1.165, 1.54) is 11.3 Å². The summed E-state index contributed by atoms with van der Waals surface area (Å²) in [5.74, 6) is -0.185. The topological polar surface area (TPSA) is 24.9 Å². The first-order valence-corrected chi connectivity index (χ1v) is 8.02. The van der Waals surface area contributed by atoms with E-state index >= 15 is 0 Å². The second kappa shape index (κ2) is 6.46. The van der Waals surface area contributed by atoms with Gasteiger partial charge < -0.3 is 5.32 Å². The van der Waals surface area contributed by atoms with Crippen molar-refractivity contribution in [2.24, 2.45) is 0 Å². The molecule has 0 spiro atoms. The lowest BCUT2D eigenvalue weighted by Crippen LogP contribution is -1.97. The molecule has 0 aliphatic rings. The third kappa shape index (κ3) is 3.46. The number of hydrogen-bond donors (Lipinski definition) is 1. The minimum atomic E-state index is -0.185. The molecule has 0 aliphatic carbocycles. The van der Waals surface area contributed by atoms with Gasteiger partial charge in [-0.15, -0.1) is 11.3 Å². The summed E-state index contributed by atoms with van der Waals surface area (Å²) in [7, 11) is 0. The molecule has 0 unspecified atom stereocenters. The predicted molar refractivity (Wildman–Crippen MR) is 91.0 cm³/mol. The van der Waals surface area contributed by atoms with E-state index in [4.69, 9.17) is 11.6 Å². The van der Waals surface area contributed by atoms with E-state index in [0.29, 0.717) is 16.6 Å². The van der Waals surface area contributed by atoms with Gasteiger partial charge in [-0.1, -0.05) is 35.9 Å². The number of aromatic nitrogens is 1. The Hall–Kier alpha value is -1.91. The van der Waals surface area contributed by atoms with Crippen LogP contribution in [0.4, 0.5) is 10.1 Å². The molecule has 1 heterocycles. The van der Waals surface area contributed by atoms with Crippen LogP contribution in [0.1, 0.15) is 10.4 Å². The van der Waals surface area contributed by atoms with Gasteiger partial charge in [-0.05, 0) is 41.8 Å². The fourth-order valence-electron chi connectivity index (χ4n) is 2.14. The van der Waals surface area contributed by atoms with Crippen LogP contribution in [0.3, 0.4) is 0 Å². The van der Waals surface area contributed by atoms with Crippen molar-refractivity contribution in [2.45, 2.75) is 13.5 Å². The quantitative estimate of drug-likeness (QED) is 0.680. The second-order valence-corrected chi connectivity index (χ2v) is 6.68. The molecule has 0 amide bonds. The van der Waals surface area contributed by atoms with Crippen LogP contribution in [-0.4, -0.2) is 4.98 Å². The van der Waals surface area contributed by atoms with Crippen LogP contribution in [0, 0.1) is 12.7 Å². The molecule has 22 heavy (non-hydrogen) atoms. The van der Waals surface area contributed by atoms with Gasteiger partial charge in [0.1, 0.15) is 5.82 Å². The zero-order chi connectivity index (χ0) is 15.5. The fourth-order valence-corrected chi connectivity index (χ4v) is 3.05. The third-order valence-electron chi connectivity index (χ3n) is 3.36. The summed E-state index contributed by atoms with van der Waals surface area (Å²) in [6, 6.07) is 13.2. The highest BCUT2D eigenvalue weighted by atomic mass is 35.5. The number of benzene rings is 2. The summed E-state index contributed by atoms with van der Waals surface area (Å²) >= 11 is 7.27. The fraction of sp³-hybridized carbons (Fsp3) is 0.118. The smallest absolute Gasteiger partial charge is 0.183 e. The molecule has 2 nitrogen and oxygen atoms in total. The van der Waals surface area contributed by atoms with Gasteiger partial charge >= 0.3 is 0 Å². The molecule has 0 bridgehead atoms. The standard InChI is InChI=1S/C17H14ClFN2S/c1-11-5-6-13(8-16(11)19)12-3-2-4-14(7-12)20-9-15-10-21-17(18)22-15/h2-8,10,20H,9H2,1H3. The zero-order valence-electron chi connectivity index (χ0n) is 11.9. The van der Waals surface area contributed by atoms with Gasteiger partial charge in [0.25, 0.3) is 0 Å². The molecule has 0 saturated heterocycles. The minimum Gasteiger partial charge on any atom is -0.380 e. The van der Waals surface area contributed by atoms with Crippen molar-refractivity contribution in [3.05, 3.63) is 69.4 Å². The van der Waals surface area contributed by atoms with Gasteiger partial charge in [-0.2, -0.15) is 0 Å². The van der Waals surface area contributed by atoms with Crippen LogP contribution in [-0.2, 0) is 6.54 Å². The number of rotatable bonds is 4. The molecule has 2 aromatic carbocycles. The van der Waals surface area contributed by atoms with Crippen molar-refractivity contribution < 1.29 is 4.39 Å². The summed E-state index contributed by atoms with van der Waals surface area (Å²) in [5, 5.41) is 3.33. The minimum absolute atomic E-state index is 0.185. The van der Waals surface area contributed by atoms with E-state index in [1.807, 2.05) is 30.3 Å². The highest BCUT2D eigenvalue weighted by Gasteiger charge is 2.04. The van der Waals surface area contributed by atoms with Crippen LogP contribution in [0.25, 0.3) is 11.1 Å². The molecule has 0 atom stereocenters. The summed E-state index contributed by atoms with van der Waals surface area (Å²) in [6.45, 7) is 2.42. The maximum absolute atomic E-state index is 13.7. The number of nitrogens with one attached hydrogen (secondary N) is 1. The molecular formula is C17H14ClFN2S. The van der Waals surface area contributed by atoms with E-state index in [9.17, 15) is 4.39 Å². The van der Waals surface area contributed by atoms with Crippen LogP contribution in [0.2, 0.25) is 4.47 Å². The Morgan fingerprint density at radius 2 is 2.00 bits per heavy atom. The van der Waals surface area contributed by atoms with Crippen LogP contribution >= 0.6 is 22.9 Å². The lowest BCUT2D eigenvalue weighted by atomic mass is 10.0. The number of halogens is 2. The average molecular weight is 333 g/mol. The molecule has 3 rings (SSSR count). The summed E-state index contributed by atoms with van der Waals surface area (Å²) in [5.41, 5.74) is 3.47. The highest BCUT2D eigenvalue weighted by molar-refractivity contribution is 7.15. The van der Waals surface area contributed by atoms with Crippen molar-refractivity contribution in [3.8, 4) is 11.1 Å². The number of aryl methyl sites for hydroxylation is 1. The molecule has 5 heteroatoms. The Labute approximate surface area is 137 Å². The molecule has 0 radical (unpaired) electrons. The van der Waals surface area contributed by atoms with Crippen molar-refractivity contribution >= 4 is 28.6 Å². The Kier molecular flexibility index (Phi) is 4.41. The SMILES string of the molecule is Cc1ccc(-c2cccc(NCc3cnc(Cl)s3)c2)cc1F. The van der Waals surface area contributed by atoms with Gasteiger partial charge in [-0.25, -0.2) is 9.37 Å². The van der Waals surface area contributed by atoms with Gasteiger partial charge in [0.15, 0.2) is 4.47 Å². The number of anilines is 1. The van der Waals surface area contributed by atoms with Crippen LogP contribution in [0.5, 0.6) is 0 Å². The van der Waals surface area contributed by atoms with Gasteiger partial charge in [0, 0.05) is 16.8 Å². The van der Waals surface area contributed by atoms with E-state index in [-0.39, 0.29) is 5.82 Å². The third-order valence-corrected chi connectivity index (χ3v) is 4.47. The monoisotopic (exact) mass is 332 g/mol. The summed E-state index contributed by atoms with van der Waals surface area (Å²) < 4.78 is 14.2. The van der Waals surface area contributed by atoms with Gasteiger partial charge in [-0.3, -0.25) is 0 Å². The molecule has 0 saturated carbocycles. The van der Waals surface area contributed by atoms with Gasteiger partial charge in [0.2, 0.25) is 0 Å². The lowest BCUT2D eigenvalue weighted by molar-refractivity contribution is 0.619. The van der Waals surface area contributed by atoms with E-state index in [2.05, 4.69) is 10.3 Å². The second-order valence-electron chi connectivity index (χ2n) is 4.98. The number of thiazole rings is 1. The summed E-state index contributed by atoms with van der Waals surface area (Å²) in [6.07, 6.45) is 1.76.